The van der Waals surface area contributed by atoms with Crippen LogP contribution in [0.25, 0.3) is 27.5 Å². The molecule has 2 heterocycles. The summed E-state index contributed by atoms with van der Waals surface area (Å²) in [6.45, 7) is 3.78. The Hall–Kier alpha value is -4.92. The van der Waals surface area contributed by atoms with Crippen LogP contribution in [-0.4, -0.2) is 41.0 Å². The zero-order valence-corrected chi connectivity index (χ0v) is 22.5. The van der Waals surface area contributed by atoms with Crippen LogP contribution in [0.5, 0.6) is 0 Å². The molecule has 204 valence electrons. The maximum Gasteiger partial charge on any atom is 0.331 e. The van der Waals surface area contributed by atoms with E-state index in [0.29, 0.717) is 29.9 Å². The Morgan fingerprint density at radius 2 is 1.37 bits per heavy atom. The molecule has 4 aromatic carbocycles. The van der Waals surface area contributed by atoms with Crippen molar-refractivity contribution in [2.75, 3.05) is 13.2 Å². The van der Waals surface area contributed by atoms with E-state index >= 15 is 0 Å². The number of aromatic nitrogens is 1. The van der Waals surface area contributed by atoms with E-state index in [9.17, 15) is 14.4 Å². The molecule has 1 saturated heterocycles. The lowest BCUT2D eigenvalue weighted by atomic mass is 10.0. The van der Waals surface area contributed by atoms with E-state index in [1.165, 1.54) is 13.8 Å². The summed E-state index contributed by atoms with van der Waals surface area (Å²) < 4.78 is 13.6. The van der Waals surface area contributed by atoms with Crippen molar-refractivity contribution in [3.8, 4) is 5.69 Å². The second-order valence-corrected chi connectivity index (χ2v) is 9.75. The first-order valence-corrected chi connectivity index (χ1v) is 13.2. The number of hydrogen-bond donors (Lipinski definition) is 0. The number of benzene rings is 4. The number of rotatable bonds is 7. The minimum absolute atomic E-state index is 0.0467. The molecule has 0 bridgehead atoms. The number of hydrogen-bond acceptors (Lipinski definition) is 7. The SMILES string of the molecule is CC(=O)ON=C(C)C(=O)c1ccc2c(c1)c1cc(C3OCCO3)ccc1n2-c1ccc(C(=O)c2ccccc2)cc1. The van der Waals surface area contributed by atoms with Gasteiger partial charge in [0.15, 0.2) is 12.1 Å². The first kappa shape index (κ1) is 26.3. The molecule has 0 amide bonds. The molecule has 0 atom stereocenters. The highest BCUT2D eigenvalue weighted by molar-refractivity contribution is 6.45. The van der Waals surface area contributed by atoms with Gasteiger partial charge in [0.05, 0.1) is 24.2 Å². The van der Waals surface area contributed by atoms with Crippen LogP contribution in [-0.2, 0) is 19.1 Å². The Morgan fingerprint density at radius 3 is 2.05 bits per heavy atom. The summed E-state index contributed by atoms with van der Waals surface area (Å²) >= 11 is 0. The minimum atomic E-state index is -0.601. The molecule has 41 heavy (non-hydrogen) atoms. The number of fused-ring (bicyclic) bond motifs is 3. The molecule has 1 fully saturated rings. The standard InChI is InChI=1S/C33H26N2O6/c1-20(34-41-21(2)36)31(37)24-10-14-29-27(18-24)28-19-25(33-39-16-17-40-33)11-15-30(28)35(29)26-12-8-23(9-13-26)32(38)22-6-4-3-5-7-22/h3-15,18-19,33H,16-17H2,1-2H3. The number of nitrogens with zero attached hydrogens (tertiary/aromatic N) is 2. The Bertz CT molecular complexity index is 1830. The van der Waals surface area contributed by atoms with Gasteiger partial charge in [0.25, 0.3) is 0 Å². The fourth-order valence-corrected chi connectivity index (χ4v) is 5.06. The maximum absolute atomic E-state index is 13.1. The van der Waals surface area contributed by atoms with Crippen molar-refractivity contribution in [1.29, 1.82) is 0 Å². The molecule has 8 heteroatoms. The average Bonchev–Trinajstić information content (AvgIpc) is 3.66. The Balaban J connectivity index is 1.47. The molecule has 0 aliphatic carbocycles. The Morgan fingerprint density at radius 1 is 0.756 bits per heavy atom. The van der Waals surface area contributed by atoms with Crippen molar-refractivity contribution in [3.05, 3.63) is 113 Å². The Kier molecular flexibility index (Phi) is 7.01. The molecule has 1 aliphatic rings. The van der Waals surface area contributed by atoms with E-state index in [0.717, 1.165) is 33.1 Å². The van der Waals surface area contributed by atoms with Gasteiger partial charge in [-0.15, -0.1) is 0 Å². The van der Waals surface area contributed by atoms with Crippen molar-refractivity contribution < 1.29 is 28.7 Å². The molecule has 0 unspecified atom stereocenters. The fourth-order valence-electron chi connectivity index (χ4n) is 5.06. The summed E-state index contributed by atoms with van der Waals surface area (Å²) in [5.41, 5.74) is 5.23. The number of ether oxygens (including phenoxy) is 2. The summed E-state index contributed by atoms with van der Waals surface area (Å²) in [5, 5.41) is 5.41. The maximum atomic E-state index is 13.1. The fraction of sp³-hybridized carbons (Fsp3) is 0.152. The molecule has 6 rings (SSSR count). The molecule has 8 nitrogen and oxygen atoms in total. The Labute approximate surface area is 235 Å². The second-order valence-electron chi connectivity index (χ2n) is 9.75. The van der Waals surface area contributed by atoms with Gasteiger partial charge in [-0.05, 0) is 61.5 Å². The summed E-state index contributed by atoms with van der Waals surface area (Å²) in [7, 11) is 0. The monoisotopic (exact) mass is 546 g/mol. The van der Waals surface area contributed by atoms with Crippen LogP contribution in [0.4, 0.5) is 0 Å². The summed E-state index contributed by atoms with van der Waals surface area (Å²) in [6, 6.07) is 28.1. The van der Waals surface area contributed by atoms with E-state index in [2.05, 4.69) is 14.6 Å². The average molecular weight is 547 g/mol. The first-order valence-electron chi connectivity index (χ1n) is 13.2. The summed E-state index contributed by atoms with van der Waals surface area (Å²) in [6.07, 6.45) is -0.455. The molecule has 0 spiro atoms. The van der Waals surface area contributed by atoms with Crippen LogP contribution in [0.1, 0.15) is 52.0 Å². The van der Waals surface area contributed by atoms with Crippen LogP contribution in [0, 0.1) is 0 Å². The molecule has 0 saturated carbocycles. The van der Waals surface area contributed by atoms with Crippen molar-refractivity contribution in [2.45, 2.75) is 20.1 Å². The van der Waals surface area contributed by atoms with E-state index in [1.807, 2.05) is 72.8 Å². The van der Waals surface area contributed by atoms with Crippen LogP contribution in [0.3, 0.4) is 0 Å². The van der Waals surface area contributed by atoms with Gasteiger partial charge in [-0.1, -0.05) is 41.6 Å². The number of ketones is 2. The highest BCUT2D eigenvalue weighted by Gasteiger charge is 2.22. The van der Waals surface area contributed by atoms with Gasteiger partial charge in [-0.3, -0.25) is 9.59 Å². The smallest absolute Gasteiger partial charge is 0.331 e. The quantitative estimate of drug-likeness (QED) is 0.105. The van der Waals surface area contributed by atoms with Gasteiger partial charge < -0.3 is 18.9 Å². The third kappa shape index (κ3) is 5.06. The normalized spacial score (nSPS) is 14.0. The lowest BCUT2D eigenvalue weighted by Gasteiger charge is -2.11. The molecule has 0 radical (unpaired) electrons. The van der Waals surface area contributed by atoms with E-state index in [4.69, 9.17) is 9.47 Å². The minimum Gasteiger partial charge on any atom is -0.346 e. The van der Waals surface area contributed by atoms with Gasteiger partial charge >= 0.3 is 5.97 Å². The van der Waals surface area contributed by atoms with Crippen LogP contribution >= 0.6 is 0 Å². The van der Waals surface area contributed by atoms with Crippen molar-refractivity contribution in [1.82, 2.24) is 4.57 Å². The highest BCUT2D eigenvalue weighted by Crippen LogP contribution is 2.36. The predicted octanol–water partition coefficient (Wildman–Crippen LogP) is 6.18. The van der Waals surface area contributed by atoms with Crippen molar-refractivity contribution in [3.63, 3.8) is 0 Å². The lowest BCUT2D eigenvalue weighted by molar-refractivity contribution is -0.140. The molecule has 0 N–H and O–H groups in total. The van der Waals surface area contributed by atoms with Gasteiger partial charge in [-0.2, -0.15) is 0 Å². The highest BCUT2D eigenvalue weighted by atomic mass is 16.7. The van der Waals surface area contributed by atoms with E-state index in [1.54, 1.807) is 18.2 Å². The van der Waals surface area contributed by atoms with Gasteiger partial charge in [0, 0.05) is 45.6 Å². The van der Waals surface area contributed by atoms with Gasteiger partial charge in [-0.25, -0.2) is 4.79 Å². The molecular weight excluding hydrogens is 520 g/mol. The largest absolute Gasteiger partial charge is 0.346 e. The third-order valence-corrected chi connectivity index (χ3v) is 7.01. The number of carbonyl (C=O) groups is 3. The van der Waals surface area contributed by atoms with Gasteiger partial charge in [0.1, 0.15) is 5.71 Å². The zero-order chi connectivity index (χ0) is 28.5. The van der Waals surface area contributed by atoms with Crippen LogP contribution < -0.4 is 0 Å². The molecule has 1 aromatic heterocycles. The molecular formula is C33H26N2O6. The predicted molar refractivity (Wildman–Crippen MR) is 155 cm³/mol. The molecule has 1 aliphatic heterocycles. The number of Topliss-reactive ketones (excluding diaryl/α,β-unsaturated/α-hetero) is 1. The molecule has 5 aromatic rings. The van der Waals surface area contributed by atoms with Crippen LogP contribution in [0.2, 0.25) is 0 Å². The number of oxime groups is 1. The zero-order valence-electron chi connectivity index (χ0n) is 22.5. The lowest BCUT2D eigenvalue weighted by Crippen LogP contribution is -2.11. The van der Waals surface area contributed by atoms with Gasteiger partial charge in [0.2, 0.25) is 5.78 Å². The summed E-state index contributed by atoms with van der Waals surface area (Å²) in [4.78, 5) is 41.9. The van der Waals surface area contributed by atoms with Crippen LogP contribution in [0.15, 0.2) is 96.2 Å². The van der Waals surface area contributed by atoms with E-state index < -0.39 is 12.3 Å². The third-order valence-electron chi connectivity index (χ3n) is 7.01. The first-order chi connectivity index (χ1) is 19.9. The van der Waals surface area contributed by atoms with Crippen molar-refractivity contribution in [2.24, 2.45) is 5.16 Å². The summed E-state index contributed by atoms with van der Waals surface area (Å²) in [5.74, 6) is -0.998. The number of carbonyl (C=O) groups excluding carboxylic acids is 3. The van der Waals surface area contributed by atoms with E-state index in [-0.39, 0.29) is 17.3 Å². The van der Waals surface area contributed by atoms with Crippen molar-refractivity contribution >= 4 is 45.1 Å². The second kappa shape index (κ2) is 10.9. The topological polar surface area (TPSA) is 96.2 Å².